The zero-order valence-corrected chi connectivity index (χ0v) is 16.6. The highest BCUT2D eigenvalue weighted by molar-refractivity contribution is 6.30. The molecule has 1 aliphatic carbocycles. The van der Waals surface area contributed by atoms with Crippen molar-refractivity contribution in [3.05, 3.63) is 52.3 Å². The topological polar surface area (TPSA) is 11.4 Å². The Balaban J connectivity index is 1.25. The molecule has 4 rings (SSSR count). The Bertz CT molecular complexity index is 727. The molecule has 1 saturated heterocycles. The van der Waals surface area contributed by atoms with Crippen LogP contribution in [0.3, 0.4) is 0 Å². The van der Waals surface area contributed by atoms with Crippen LogP contribution in [0.5, 0.6) is 0 Å². The molecule has 1 aromatic heterocycles. The van der Waals surface area contributed by atoms with Crippen LogP contribution < -0.4 is 4.90 Å². The minimum atomic E-state index is 0.815. The highest BCUT2D eigenvalue weighted by atomic mass is 35.5. The van der Waals surface area contributed by atoms with Crippen molar-refractivity contribution in [3.63, 3.8) is 0 Å². The molecule has 2 aliphatic rings. The van der Waals surface area contributed by atoms with Crippen LogP contribution in [0.15, 0.2) is 30.5 Å². The molecule has 4 heteroatoms. The first-order valence-electron chi connectivity index (χ1n) is 10.1. The first kappa shape index (κ1) is 17.9. The van der Waals surface area contributed by atoms with Crippen LogP contribution in [0.1, 0.15) is 36.1 Å². The molecule has 1 aromatic carbocycles. The third-order valence-electron chi connectivity index (χ3n) is 6.09. The van der Waals surface area contributed by atoms with E-state index >= 15 is 0 Å². The minimum absolute atomic E-state index is 0.815. The largest absolute Gasteiger partial charge is 0.369 e. The number of rotatable bonds is 5. The fourth-order valence-corrected chi connectivity index (χ4v) is 4.73. The number of halogens is 1. The van der Waals surface area contributed by atoms with Gasteiger partial charge in [0.1, 0.15) is 0 Å². The van der Waals surface area contributed by atoms with Gasteiger partial charge in [-0.3, -0.25) is 4.90 Å². The Labute approximate surface area is 162 Å². The van der Waals surface area contributed by atoms with Gasteiger partial charge in [-0.05, 0) is 80.5 Å². The summed E-state index contributed by atoms with van der Waals surface area (Å²) in [7, 11) is 2.23. The van der Waals surface area contributed by atoms with E-state index in [4.69, 9.17) is 11.6 Å². The van der Waals surface area contributed by atoms with Crippen molar-refractivity contribution < 1.29 is 0 Å². The number of hydrogen-bond acceptors (Lipinski definition) is 2. The van der Waals surface area contributed by atoms with Crippen molar-refractivity contribution in [2.24, 2.45) is 7.05 Å². The summed E-state index contributed by atoms with van der Waals surface area (Å²) in [5, 5.41) is 0.815. The first-order valence-corrected chi connectivity index (χ1v) is 10.5. The zero-order valence-electron chi connectivity index (χ0n) is 15.9. The molecule has 0 radical (unpaired) electrons. The van der Waals surface area contributed by atoms with Crippen LogP contribution in [0, 0.1) is 0 Å². The van der Waals surface area contributed by atoms with Crippen LogP contribution in [0.2, 0.25) is 5.02 Å². The van der Waals surface area contributed by atoms with Gasteiger partial charge in [0.25, 0.3) is 0 Å². The van der Waals surface area contributed by atoms with E-state index in [2.05, 4.69) is 39.7 Å². The molecule has 140 valence electrons. The summed E-state index contributed by atoms with van der Waals surface area (Å²) in [5.74, 6) is 0. The summed E-state index contributed by atoms with van der Waals surface area (Å²) in [6.07, 6.45) is 10.2. The Hall–Kier alpha value is -1.45. The van der Waals surface area contributed by atoms with Gasteiger partial charge in [-0.25, -0.2) is 0 Å². The van der Waals surface area contributed by atoms with E-state index in [1.807, 2.05) is 12.1 Å². The van der Waals surface area contributed by atoms with Crippen LogP contribution in [0.4, 0.5) is 5.69 Å². The van der Waals surface area contributed by atoms with Gasteiger partial charge in [0, 0.05) is 55.8 Å². The molecule has 0 N–H and O–H groups in total. The van der Waals surface area contributed by atoms with E-state index < -0.39 is 0 Å². The maximum atomic E-state index is 6.00. The van der Waals surface area contributed by atoms with Gasteiger partial charge in [-0.2, -0.15) is 0 Å². The van der Waals surface area contributed by atoms with Gasteiger partial charge in [-0.1, -0.05) is 11.6 Å². The van der Waals surface area contributed by atoms with Crippen molar-refractivity contribution in [1.29, 1.82) is 0 Å². The normalized spacial score (nSPS) is 18.2. The minimum Gasteiger partial charge on any atom is -0.369 e. The van der Waals surface area contributed by atoms with E-state index in [-0.39, 0.29) is 0 Å². The van der Waals surface area contributed by atoms with Crippen molar-refractivity contribution in [2.75, 3.05) is 37.6 Å². The fraction of sp³-hybridized carbons (Fsp3) is 0.545. The Kier molecular flexibility index (Phi) is 5.56. The van der Waals surface area contributed by atoms with Crippen molar-refractivity contribution in [2.45, 2.75) is 38.5 Å². The third-order valence-corrected chi connectivity index (χ3v) is 6.34. The molecule has 1 fully saturated rings. The molecule has 0 unspecified atom stereocenters. The van der Waals surface area contributed by atoms with Gasteiger partial charge >= 0.3 is 0 Å². The lowest BCUT2D eigenvalue weighted by molar-refractivity contribution is 0.255. The third kappa shape index (κ3) is 3.94. The summed E-state index contributed by atoms with van der Waals surface area (Å²) >= 11 is 6.00. The first-order chi connectivity index (χ1) is 12.7. The second kappa shape index (κ2) is 8.06. The molecule has 3 nitrogen and oxygen atoms in total. The lowest BCUT2D eigenvalue weighted by Crippen LogP contribution is -2.46. The van der Waals surface area contributed by atoms with E-state index in [0.29, 0.717) is 0 Å². The zero-order chi connectivity index (χ0) is 17.9. The molecule has 1 aliphatic heterocycles. The second-order valence-electron chi connectivity index (χ2n) is 7.81. The number of aryl methyl sites for hydroxylation is 2. The Morgan fingerprint density at radius 3 is 2.46 bits per heavy atom. The van der Waals surface area contributed by atoms with E-state index in [9.17, 15) is 0 Å². The highest BCUT2D eigenvalue weighted by Crippen LogP contribution is 2.27. The summed E-state index contributed by atoms with van der Waals surface area (Å²) in [5.41, 5.74) is 6.18. The molecule has 0 saturated carbocycles. The Morgan fingerprint density at radius 1 is 0.962 bits per heavy atom. The predicted octanol–water partition coefficient (Wildman–Crippen LogP) is 4.31. The molecule has 2 aromatic rings. The second-order valence-corrected chi connectivity index (χ2v) is 8.24. The summed E-state index contributed by atoms with van der Waals surface area (Å²) in [6, 6.07) is 8.25. The number of fused-ring (bicyclic) bond motifs is 1. The number of benzene rings is 1. The SMILES string of the molecule is Cn1cc(CCCN2CCN(c3ccc(Cl)cc3)CC2)c2c1CCCC2. The number of nitrogens with zero attached hydrogens (tertiary/aromatic N) is 3. The van der Waals surface area contributed by atoms with Crippen molar-refractivity contribution >= 4 is 17.3 Å². The highest BCUT2D eigenvalue weighted by Gasteiger charge is 2.19. The van der Waals surface area contributed by atoms with Crippen LogP contribution >= 0.6 is 11.6 Å². The lowest BCUT2D eigenvalue weighted by atomic mass is 9.93. The molecule has 0 atom stereocenters. The number of anilines is 1. The van der Waals surface area contributed by atoms with Crippen LogP contribution in [-0.4, -0.2) is 42.2 Å². The smallest absolute Gasteiger partial charge is 0.0407 e. The van der Waals surface area contributed by atoms with E-state index in [1.165, 1.54) is 50.8 Å². The van der Waals surface area contributed by atoms with Gasteiger partial charge < -0.3 is 9.47 Å². The van der Waals surface area contributed by atoms with E-state index in [1.54, 1.807) is 16.8 Å². The maximum Gasteiger partial charge on any atom is 0.0407 e. The molecule has 26 heavy (non-hydrogen) atoms. The summed E-state index contributed by atoms with van der Waals surface area (Å²) < 4.78 is 2.38. The number of hydrogen-bond donors (Lipinski definition) is 0. The summed E-state index contributed by atoms with van der Waals surface area (Å²) in [6.45, 7) is 5.77. The standard InChI is InChI=1S/C22H30ClN3/c1-24-17-18(21-6-2-3-7-22(21)24)5-4-12-25-13-15-26(16-14-25)20-10-8-19(23)9-11-20/h8-11,17H,2-7,12-16H2,1H3. The number of aromatic nitrogens is 1. The summed E-state index contributed by atoms with van der Waals surface area (Å²) in [4.78, 5) is 5.10. The van der Waals surface area contributed by atoms with E-state index in [0.717, 1.165) is 31.2 Å². The quantitative estimate of drug-likeness (QED) is 0.775. The molecule has 0 bridgehead atoms. The Morgan fingerprint density at radius 2 is 1.69 bits per heavy atom. The number of piperazine rings is 1. The fourth-order valence-electron chi connectivity index (χ4n) is 4.60. The molecule has 0 amide bonds. The van der Waals surface area contributed by atoms with Gasteiger partial charge in [0.15, 0.2) is 0 Å². The van der Waals surface area contributed by atoms with Crippen LogP contribution in [-0.2, 0) is 26.3 Å². The van der Waals surface area contributed by atoms with Gasteiger partial charge in [-0.15, -0.1) is 0 Å². The average Bonchev–Trinajstić information content (AvgIpc) is 2.99. The molecule has 0 spiro atoms. The van der Waals surface area contributed by atoms with Gasteiger partial charge in [0.2, 0.25) is 0 Å². The maximum absolute atomic E-state index is 6.00. The van der Waals surface area contributed by atoms with Crippen molar-refractivity contribution in [3.8, 4) is 0 Å². The van der Waals surface area contributed by atoms with Crippen LogP contribution in [0.25, 0.3) is 0 Å². The van der Waals surface area contributed by atoms with Gasteiger partial charge in [0.05, 0.1) is 0 Å². The predicted molar refractivity (Wildman–Crippen MR) is 110 cm³/mol. The molecule has 2 heterocycles. The average molecular weight is 372 g/mol. The molecular weight excluding hydrogens is 342 g/mol. The van der Waals surface area contributed by atoms with Crippen molar-refractivity contribution in [1.82, 2.24) is 9.47 Å². The molecular formula is C22H30ClN3. The monoisotopic (exact) mass is 371 g/mol. The lowest BCUT2D eigenvalue weighted by Gasteiger charge is -2.36.